The SMILES string of the molecule is CCCN(C)C(=O)c1cc2cc3c(cc2n1C1CC1)C[C]C3. The fourth-order valence-electron chi connectivity index (χ4n) is 3.55. The smallest absolute Gasteiger partial charge is 0.270 e. The van der Waals surface area contributed by atoms with Gasteiger partial charge in [-0.1, -0.05) is 6.92 Å². The van der Waals surface area contributed by atoms with Gasteiger partial charge in [0.1, 0.15) is 5.69 Å². The van der Waals surface area contributed by atoms with Crippen LogP contribution in [0.4, 0.5) is 0 Å². The zero-order valence-corrected chi connectivity index (χ0v) is 13.4. The number of amides is 1. The molecule has 2 aromatic rings. The minimum atomic E-state index is 0.156. The third kappa shape index (κ3) is 2.15. The minimum Gasteiger partial charge on any atom is -0.340 e. The number of hydrogen-bond donors (Lipinski definition) is 0. The van der Waals surface area contributed by atoms with E-state index in [4.69, 9.17) is 0 Å². The molecule has 1 saturated carbocycles. The second kappa shape index (κ2) is 5.15. The van der Waals surface area contributed by atoms with Crippen molar-refractivity contribution in [2.24, 2.45) is 0 Å². The van der Waals surface area contributed by atoms with Crippen molar-refractivity contribution in [2.45, 2.75) is 45.1 Å². The summed E-state index contributed by atoms with van der Waals surface area (Å²) < 4.78 is 2.29. The number of carbonyl (C=O) groups excluding carboxylic acids is 1. The van der Waals surface area contributed by atoms with Crippen molar-refractivity contribution in [2.75, 3.05) is 13.6 Å². The monoisotopic (exact) mass is 294 g/mol. The van der Waals surface area contributed by atoms with Gasteiger partial charge in [0.2, 0.25) is 0 Å². The molecular weight excluding hydrogens is 272 g/mol. The molecule has 22 heavy (non-hydrogen) atoms. The van der Waals surface area contributed by atoms with Crippen LogP contribution in [0.2, 0.25) is 0 Å². The van der Waals surface area contributed by atoms with Gasteiger partial charge in [-0.15, -0.1) is 0 Å². The van der Waals surface area contributed by atoms with E-state index in [1.807, 2.05) is 11.9 Å². The summed E-state index contributed by atoms with van der Waals surface area (Å²) in [6, 6.07) is 7.17. The predicted molar refractivity (Wildman–Crippen MR) is 88.1 cm³/mol. The van der Waals surface area contributed by atoms with E-state index in [1.165, 1.54) is 34.9 Å². The topological polar surface area (TPSA) is 25.2 Å². The van der Waals surface area contributed by atoms with Gasteiger partial charge in [-0.2, -0.15) is 0 Å². The summed E-state index contributed by atoms with van der Waals surface area (Å²) >= 11 is 0. The van der Waals surface area contributed by atoms with Crippen molar-refractivity contribution in [3.8, 4) is 0 Å². The van der Waals surface area contributed by atoms with Crippen LogP contribution in [-0.4, -0.2) is 29.0 Å². The summed E-state index contributed by atoms with van der Waals surface area (Å²) in [6.45, 7) is 2.92. The van der Waals surface area contributed by atoms with E-state index in [-0.39, 0.29) is 5.91 Å². The first-order valence-electron chi connectivity index (χ1n) is 8.32. The molecule has 0 bridgehead atoms. The van der Waals surface area contributed by atoms with Crippen LogP contribution in [0.3, 0.4) is 0 Å². The van der Waals surface area contributed by atoms with Gasteiger partial charge in [-0.25, -0.2) is 0 Å². The molecule has 3 nitrogen and oxygen atoms in total. The summed E-state index contributed by atoms with van der Waals surface area (Å²) in [6.07, 6.45) is 8.67. The summed E-state index contributed by atoms with van der Waals surface area (Å²) in [4.78, 5) is 14.7. The van der Waals surface area contributed by atoms with Crippen LogP contribution in [0.15, 0.2) is 18.2 Å². The molecule has 2 radical (unpaired) electrons. The van der Waals surface area contributed by atoms with Crippen molar-refractivity contribution < 1.29 is 4.79 Å². The third-order valence-electron chi connectivity index (χ3n) is 4.83. The second-order valence-corrected chi connectivity index (χ2v) is 6.64. The molecule has 0 saturated heterocycles. The van der Waals surface area contributed by atoms with Crippen molar-refractivity contribution in [3.63, 3.8) is 0 Å². The van der Waals surface area contributed by atoms with Crippen molar-refractivity contribution in [1.29, 1.82) is 0 Å². The van der Waals surface area contributed by atoms with Gasteiger partial charge >= 0.3 is 0 Å². The maximum absolute atomic E-state index is 12.8. The lowest BCUT2D eigenvalue weighted by Crippen LogP contribution is -2.29. The molecule has 1 aromatic carbocycles. The van der Waals surface area contributed by atoms with Crippen LogP contribution in [-0.2, 0) is 12.8 Å². The first kappa shape index (κ1) is 13.9. The third-order valence-corrected chi connectivity index (χ3v) is 4.83. The maximum Gasteiger partial charge on any atom is 0.270 e. The van der Waals surface area contributed by atoms with Gasteiger partial charge in [0, 0.05) is 30.5 Å². The standard InChI is InChI=1S/C19H22N2O/c1-3-9-20(2)19(22)18-12-15-10-13-5-4-6-14(13)11-17(15)21(18)16-7-8-16/h10-12,16H,3,5-9H2,1-2H3. The van der Waals surface area contributed by atoms with E-state index in [0.717, 1.165) is 31.5 Å². The highest BCUT2D eigenvalue weighted by molar-refractivity contribution is 5.99. The molecule has 0 aliphatic heterocycles. The van der Waals surface area contributed by atoms with E-state index >= 15 is 0 Å². The highest BCUT2D eigenvalue weighted by Crippen LogP contribution is 2.41. The molecule has 0 atom stereocenters. The Hall–Kier alpha value is -1.77. The van der Waals surface area contributed by atoms with Crippen molar-refractivity contribution in [1.82, 2.24) is 9.47 Å². The van der Waals surface area contributed by atoms with Gasteiger partial charge in [-0.05, 0) is 67.9 Å². The van der Waals surface area contributed by atoms with Crippen LogP contribution < -0.4 is 0 Å². The van der Waals surface area contributed by atoms with E-state index in [9.17, 15) is 4.79 Å². The number of carbonyl (C=O) groups is 1. The lowest BCUT2D eigenvalue weighted by Gasteiger charge is -2.18. The number of nitrogens with zero attached hydrogens (tertiary/aromatic N) is 2. The fourth-order valence-corrected chi connectivity index (χ4v) is 3.55. The average molecular weight is 294 g/mol. The molecule has 3 heteroatoms. The molecule has 1 aromatic heterocycles. The molecular formula is C19H22N2O. The second-order valence-electron chi connectivity index (χ2n) is 6.64. The summed E-state index contributed by atoms with van der Waals surface area (Å²) in [7, 11) is 1.91. The molecule has 2 aliphatic rings. The Morgan fingerprint density at radius 3 is 2.68 bits per heavy atom. The summed E-state index contributed by atoms with van der Waals surface area (Å²) in [5.74, 6) is 0.156. The number of benzene rings is 1. The predicted octanol–water partition coefficient (Wildman–Crippen LogP) is 3.64. The highest BCUT2D eigenvalue weighted by atomic mass is 16.2. The maximum atomic E-state index is 12.8. The van der Waals surface area contributed by atoms with Crippen LogP contribution >= 0.6 is 0 Å². The van der Waals surface area contributed by atoms with Gasteiger partial charge in [0.15, 0.2) is 0 Å². The Bertz CT molecular complexity index is 739. The molecule has 1 amide bonds. The quantitative estimate of drug-likeness (QED) is 0.845. The Morgan fingerprint density at radius 2 is 2.00 bits per heavy atom. The summed E-state index contributed by atoms with van der Waals surface area (Å²) in [5.41, 5.74) is 4.86. The average Bonchev–Trinajstić information content (AvgIpc) is 3.13. The molecule has 1 heterocycles. The molecule has 0 spiro atoms. The molecule has 0 unspecified atom stereocenters. The van der Waals surface area contributed by atoms with E-state index in [1.54, 1.807) is 0 Å². The van der Waals surface area contributed by atoms with E-state index in [0.29, 0.717) is 6.04 Å². The van der Waals surface area contributed by atoms with Crippen LogP contribution in [0, 0.1) is 6.42 Å². The van der Waals surface area contributed by atoms with Crippen molar-refractivity contribution >= 4 is 16.8 Å². The minimum absolute atomic E-state index is 0.156. The molecule has 4 rings (SSSR count). The molecule has 114 valence electrons. The lowest BCUT2D eigenvalue weighted by atomic mass is 10.1. The van der Waals surface area contributed by atoms with Gasteiger partial charge in [0.25, 0.3) is 5.91 Å². The fraction of sp³-hybridized carbons (Fsp3) is 0.474. The van der Waals surface area contributed by atoms with Crippen LogP contribution in [0.1, 0.15) is 53.8 Å². The Labute approximate surface area is 131 Å². The van der Waals surface area contributed by atoms with Gasteiger partial charge in [-0.3, -0.25) is 4.79 Å². The molecule has 1 fully saturated rings. The Morgan fingerprint density at radius 1 is 1.27 bits per heavy atom. The van der Waals surface area contributed by atoms with E-state index in [2.05, 4.69) is 36.1 Å². The van der Waals surface area contributed by atoms with Crippen LogP contribution in [0.5, 0.6) is 0 Å². The number of rotatable bonds is 4. The van der Waals surface area contributed by atoms with Crippen LogP contribution in [0.25, 0.3) is 10.9 Å². The lowest BCUT2D eigenvalue weighted by molar-refractivity contribution is 0.0785. The molecule has 2 aliphatic carbocycles. The Kier molecular flexibility index (Phi) is 3.24. The molecule has 0 N–H and O–H groups in total. The number of aromatic nitrogens is 1. The van der Waals surface area contributed by atoms with Gasteiger partial charge < -0.3 is 9.47 Å². The number of hydrogen-bond acceptors (Lipinski definition) is 1. The normalized spacial score (nSPS) is 17.0. The highest BCUT2D eigenvalue weighted by Gasteiger charge is 2.31. The Balaban J connectivity index is 1.84. The van der Waals surface area contributed by atoms with E-state index < -0.39 is 0 Å². The first-order valence-corrected chi connectivity index (χ1v) is 8.32. The first-order chi connectivity index (χ1) is 10.7. The number of fused-ring (bicyclic) bond motifs is 2. The summed E-state index contributed by atoms with van der Waals surface area (Å²) in [5, 5.41) is 1.21. The van der Waals surface area contributed by atoms with Crippen molar-refractivity contribution in [3.05, 3.63) is 41.4 Å². The zero-order valence-electron chi connectivity index (χ0n) is 13.4. The van der Waals surface area contributed by atoms with Gasteiger partial charge in [0.05, 0.1) is 0 Å². The largest absolute Gasteiger partial charge is 0.340 e. The zero-order chi connectivity index (χ0) is 15.3.